The molecule has 1 unspecified atom stereocenters. The Morgan fingerprint density at radius 2 is 2.10 bits per heavy atom. The van der Waals surface area contributed by atoms with Crippen LogP contribution in [-0.2, 0) is 4.79 Å². The van der Waals surface area contributed by atoms with Crippen LogP contribution in [-0.4, -0.2) is 39.5 Å². The van der Waals surface area contributed by atoms with Gasteiger partial charge in [0.1, 0.15) is 11.7 Å². The molecule has 1 aromatic carbocycles. The number of para-hydroxylation sites is 1. The summed E-state index contributed by atoms with van der Waals surface area (Å²) in [5.74, 6) is -1.21. The molecule has 0 bridgehead atoms. The number of aliphatic carboxylic acids is 1. The number of rotatable bonds is 2. The average Bonchev–Trinajstić information content (AvgIpc) is 3.04. The Balaban J connectivity index is 2.00. The number of nitrogens with one attached hydrogen (secondary N) is 1. The van der Waals surface area contributed by atoms with Gasteiger partial charge in [0.05, 0.1) is 4.47 Å². The minimum Gasteiger partial charge on any atom is -0.480 e. The summed E-state index contributed by atoms with van der Waals surface area (Å²) in [6.07, 6.45) is 1.24. The smallest absolute Gasteiger partial charge is 0.326 e. The number of benzene rings is 1. The molecule has 5 nitrogen and oxygen atoms in total. The largest absolute Gasteiger partial charge is 0.480 e. The van der Waals surface area contributed by atoms with E-state index in [2.05, 4.69) is 20.9 Å². The highest BCUT2D eigenvalue weighted by Gasteiger charge is 2.35. The van der Waals surface area contributed by atoms with Gasteiger partial charge >= 0.3 is 5.97 Å². The van der Waals surface area contributed by atoms with Crippen molar-refractivity contribution in [1.82, 2.24) is 9.88 Å². The van der Waals surface area contributed by atoms with Gasteiger partial charge in [0, 0.05) is 17.4 Å². The molecule has 3 rings (SSSR count). The van der Waals surface area contributed by atoms with Crippen LogP contribution in [0.5, 0.6) is 0 Å². The molecule has 20 heavy (non-hydrogen) atoms. The van der Waals surface area contributed by atoms with Gasteiger partial charge in [0.15, 0.2) is 0 Å². The van der Waals surface area contributed by atoms with Crippen LogP contribution >= 0.6 is 15.9 Å². The first-order valence-electron chi connectivity index (χ1n) is 6.39. The fourth-order valence-electron chi connectivity index (χ4n) is 2.67. The van der Waals surface area contributed by atoms with Crippen LogP contribution in [0.3, 0.4) is 0 Å². The predicted octanol–water partition coefficient (Wildman–Crippen LogP) is 2.62. The fourth-order valence-corrected chi connectivity index (χ4v) is 3.28. The molecule has 6 heteroatoms. The van der Waals surface area contributed by atoms with Crippen LogP contribution in [0.15, 0.2) is 28.7 Å². The molecular weight excluding hydrogens is 324 g/mol. The van der Waals surface area contributed by atoms with Gasteiger partial charge in [0.2, 0.25) is 0 Å². The van der Waals surface area contributed by atoms with Crippen molar-refractivity contribution in [1.29, 1.82) is 0 Å². The van der Waals surface area contributed by atoms with Crippen molar-refractivity contribution < 1.29 is 14.7 Å². The summed E-state index contributed by atoms with van der Waals surface area (Å²) in [5, 5.41) is 10.1. The maximum Gasteiger partial charge on any atom is 0.326 e. The molecule has 1 aliphatic rings. The van der Waals surface area contributed by atoms with Gasteiger partial charge in [-0.2, -0.15) is 0 Å². The van der Waals surface area contributed by atoms with E-state index in [-0.39, 0.29) is 5.91 Å². The van der Waals surface area contributed by atoms with Crippen molar-refractivity contribution in [3.05, 3.63) is 34.4 Å². The molecule has 0 spiro atoms. The van der Waals surface area contributed by atoms with E-state index < -0.39 is 12.0 Å². The van der Waals surface area contributed by atoms with Crippen molar-refractivity contribution in [3.8, 4) is 0 Å². The first-order chi connectivity index (χ1) is 9.59. The monoisotopic (exact) mass is 336 g/mol. The number of hydrogen-bond donors (Lipinski definition) is 2. The van der Waals surface area contributed by atoms with Crippen LogP contribution in [0.2, 0.25) is 0 Å². The number of fused-ring (bicyclic) bond motifs is 1. The lowest BCUT2D eigenvalue weighted by molar-refractivity contribution is -0.141. The molecule has 1 fully saturated rings. The number of amides is 1. The summed E-state index contributed by atoms with van der Waals surface area (Å²) in [7, 11) is 0. The Hall–Kier alpha value is -1.82. The van der Waals surface area contributed by atoms with E-state index in [1.165, 1.54) is 4.90 Å². The number of nitrogens with zero attached hydrogens (tertiary/aromatic N) is 1. The average molecular weight is 337 g/mol. The van der Waals surface area contributed by atoms with E-state index in [0.717, 1.165) is 17.3 Å². The zero-order valence-electron chi connectivity index (χ0n) is 10.6. The van der Waals surface area contributed by atoms with Crippen LogP contribution in [0.4, 0.5) is 0 Å². The topological polar surface area (TPSA) is 73.4 Å². The molecule has 1 atom stereocenters. The Kier molecular flexibility index (Phi) is 3.25. The van der Waals surface area contributed by atoms with Crippen molar-refractivity contribution in [2.45, 2.75) is 18.9 Å². The van der Waals surface area contributed by atoms with Gasteiger partial charge in [-0.25, -0.2) is 4.79 Å². The number of aromatic nitrogens is 1. The number of carbonyl (C=O) groups is 2. The Bertz CT molecular complexity index is 695. The lowest BCUT2D eigenvalue weighted by Gasteiger charge is -2.20. The molecule has 104 valence electrons. The number of halogens is 1. The highest BCUT2D eigenvalue weighted by Crippen LogP contribution is 2.30. The third-order valence-electron chi connectivity index (χ3n) is 3.66. The second-order valence-corrected chi connectivity index (χ2v) is 5.65. The molecular formula is C14H13BrN2O3. The Morgan fingerprint density at radius 3 is 2.80 bits per heavy atom. The van der Waals surface area contributed by atoms with E-state index in [1.807, 2.05) is 24.3 Å². The lowest BCUT2D eigenvalue weighted by Crippen LogP contribution is -2.40. The zero-order valence-corrected chi connectivity index (χ0v) is 12.2. The van der Waals surface area contributed by atoms with Crippen LogP contribution in [0, 0.1) is 0 Å². The van der Waals surface area contributed by atoms with Crippen molar-refractivity contribution in [2.24, 2.45) is 0 Å². The van der Waals surface area contributed by atoms with Crippen LogP contribution < -0.4 is 0 Å². The number of H-pyrrole nitrogens is 1. The maximum absolute atomic E-state index is 12.6. The highest BCUT2D eigenvalue weighted by molar-refractivity contribution is 9.10. The van der Waals surface area contributed by atoms with Gasteiger partial charge in [-0.15, -0.1) is 0 Å². The lowest BCUT2D eigenvalue weighted by atomic mass is 10.2. The minimum atomic E-state index is -0.942. The molecule has 1 aliphatic heterocycles. The van der Waals surface area contributed by atoms with Crippen LogP contribution in [0.25, 0.3) is 10.9 Å². The molecule has 2 aromatic rings. The van der Waals surface area contributed by atoms with Crippen molar-refractivity contribution in [2.75, 3.05) is 6.54 Å². The number of carboxylic acids is 1. The standard InChI is InChI=1S/C14H13BrN2O3/c15-11-8-4-1-2-5-9(8)16-12(11)13(18)17-7-3-6-10(17)14(19)20/h1-2,4-5,10,16H,3,6-7H2,(H,19,20). The quantitative estimate of drug-likeness (QED) is 0.885. The molecule has 2 heterocycles. The minimum absolute atomic E-state index is 0.266. The highest BCUT2D eigenvalue weighted by atomic mass is 79.9. The first-order valence-corrected chi connectivity index (χ1v) is 7.19. The van der Waals surface area contributed by atoms with Crippen LogP contribution in [0.1, 0.15) is 23.3 Å². The normalized spacial score (nSPS) is 18.6. The molecule has 0 aliphatic carbocycles. The number of carboxylic acid groups (broad SMARTS) is 1. The Morgan fingerprint density at radius 1 is 1.35 bits per heavy atom. The van der Waals surface area contributed by atoms with E-state index in [1.54, 1.807) is 0 Å². The molecule has 1 aromatic heterocycles. The summed E-state index contributed by atoms with van der Waals surface area (Å²) in [4.78, 5) is 28.2. The Labute approximate surface area is 123 Å². The van der Waals surface area contributed by atoms with Crippen molar-refractivity contribution in [3.63, 3.8) is 0 Å². The molecule has 1 saturated heterocycles. The predicted molar refractivity (Wildman–Crippen MR) is 77.7 cm³/mol. The number of likely N-dealkylation sites (tertiary alicyclic amines) is 1. The number of aromatic amines is 1. The second kappa shape index (κ2) is 4.94. The number of carbonyl (C=O) groups excluding carboxylic acids is 1. The summed E-state index contributed by atoms with van der Waals surface area (Å²) in [6.45, 7) is 0.484. The van der Waals surface area contributed by atoms with Gasteiger partial charge < -0.3 is 15.0 Å². The van der Waals surface area contributed by atoms with Gasteiger partial charge in [0.25, 0.3) is 5.91 Å². The van der Waals surface area contributed by atoms with Gasteiger partial charge in [-0.1, -0.05) is 18.2 Å². The maximum atomic E-state index is 12.6. The molecule has 0 saturated carbocycles. The van der Waals surface area contributed by atoms with E-state index >= 15 is 0 Å². The molecule has 0 radical (unpaired) electrons. The summed E-state index contributed by atoms with van der Waals surface area (Å²) >= 11 is 3.43. The van der Waals surface area contributed by atoms with E-state index in [4.69, 9.17) is 0 Å². The van der Waals surface area contributed by atoms with Crippen molar-refractivity contribution >= 4 is 38.7 Å². The summed E-state index contributed by atoms with van der Waals surface area (Å²) < 4.78 is 0.689. The third kappa shape index (κ3) is 2.00. The van der Waals surface area contributed by atoms with E-state index in [0.29, 0.717) is 23.1 Å². The third-order valence-corrected chi connectivity index (χ3v) is 4.48. The first kappa shape index (κ1) is 13.2. The summed E-state index contributed by atoms with van der Waals surface area (Å²) in [5.41, 5.74) is 1.27. The molecule has 1 amide bonds. The summed E-state index contributed by atoms with van der Waals surface area (Å²) in [6, 6.07) is 6.85. The second-order valence-electron chi connectivity index (χ2n) is 4.85. The zero-order chi connectivity index (χ0) is 14.3. The van der Waals surface area contributed by atoms with E-state index in [9.17, 15) is 14.7 Å². The number of hydrogen-bond acceptors (Lipinski definition) is 2. The fraction of sp³-hybridized carbons (Fsp3) is 0.286. The van der Waals surface area contributed by atoms with Gasteiger partial charge in [-0.05, 0) is 34.8 Å². The van der Waals surface area contributed by atoms with Gasteiger partial charge in [-0.3, -0.25) is 4.79 Å². The SMILES string of the molecule is O=C(O)C1CCCN1C(=O)c1[nH]c2ccccc2c1Br. The molecule has 2 N–H and O–H groups in total.